The third-order valence-corrected chi connectivity index (χ3v) is 29.3. The number of ether oxygens (including phenoxy) is 10. The number of nitrogens with zero attached hydrogens (tertiary/aromatic N) is 2. The number of carbonyl (C=O) groups excluding carboxylic acids is 10. The van der Waals surface area contributed by atoms with Crippen molar-refractivity contribution in [3.8, 4) is 0 Å². The predicted octanol–water partition coefficient (Wildman–Crippen LogP) is 13.6. The van der Waals surface area contributed by atoms with E-state index in [2.05, 4.69) is 6.92 Å². The van der Waals surface area contributed by atoms with Gasteiger partial charge in [0.25, 0.3) is 23.4 Å². The first-order valence-electron chi connectivity index (χ1n) is 48.2. The van der Waals surface area contributed by atoms with E-state index in [-0.39, 0.29) is 110 Å². The van der Waals surface area contributed by atoms with Crippen molar-refractivity contribution in [2.75, 3.05) is 55.7 Å². The summed E-state index contributed by atoms with van der Waals surface area (Å²) in [4.78, 5) is 144. The van der Waals surface area contributed by atoms with Crippen LogP contribution in [0.3, 0.4) is 0 Å². The number of aliphatic hydroxyl groups is 5. The molecule has 30 atom stereocenters. The molecule has 5 N–H and O–H groups in total. The lowest BCUT2D eigenvalue weighted by atomic mass is 9.76. The predicted molar refractivity (Wildman–Crippen MR) is 493 cm³/mol. The summed E-state index contributed by atoms with van der Waals surface area (Å²) in [6.45, 7) is 27.8. The van der Waals surface area contributed by atoms with E-state index in [1.807, 2.05) is 116 Å². The molecule has 0 aromatic rings. The summed E-state index contributed by atoms with van der Waals surface area (Å²) in [5.74, 6) is -15.0. The monoisotopic (exact) mass is 1830 g/mol. The van der Waals surface area contributed by atoms with Gasteiger partial charge in [0.15, 0.2) is 11.6 Å². The Bertz CT molecular complexity index is 3760. The number of amides is 2. The van der Waals surface area contributed by atoms with E-state index in [0.29, 0.717) is 120 Å². The van der Waals surface area contributed by atoms with Gasteiger partial charge >= 0.3 is 11.9 Å². The Morgan fingerprint density at radius 3 is 1.19 bits per heavy atom. The quantitative estimate of drug-likeness (QED) is 0.0688. The molecular weight excluding hydrogens is 1670 g/mol. The summed E-state index contributed by atoms with van der Waals surface area (Å²) < 4.78 is 59.1. The number of aliphatic hydroxyl groups excluding tert-OH is 3. The fraction of sp³-hybridized carbons (Fsp3) is 0.748. The molecule has 0 aromatic carbocycles. The van der Waals surface area contributed by atoms with Crippen molar-refractivity contribution in [2.45, 2.75) is 361 Å². The number of fused-ring (bicyclic) bond motifs is 6. The van der Waals surface area contributed by atoms with Gasteiger partial charge in [-0.3, -0.25) is 38.4 Å². The Kier molecular flexibility index (Phi) is 44.5. The van der Waals surface area contributed by atoms with E-state index in [1.165, 1.54) is 24.0 Å². The smallest absolute Gasteiger partial charge is 0.329 e. The summed E-state index contributed by atoms with van der Waals surface area (Å²) in [6.07, 6.45) is 24.8. The first kappa shape index (κ1) is 110. The van der Waals surface area contributed by atoms with Crippen molar-refractivity contribution in [2.24, 2.45) is 76.9 Å². The number of hydrogen-bond donors (Lipinski definition) is 5. The molecule has 27 nitrogen and oxygen atoms in total. The fourth-order valence-electron chi connectivity index (χ4n) is 20.5. The van der Waals surface area contributed by atoms with E-state index < -0.39 is 162 Å². The maximum Gasteiger partial charge on any atom is 0.329 e. The highest BCUT2D eigenvalue weighted by molar-refractivity contribution is 6.39. The van der Waals surface area contributed by atoms with Crippen molar-refractivity contribution in [1.29, 1.82) is 0 Å². The Labute approximate surface area is 774 Å². The van der Waals surface area contributed by atoms with Crippen LogP contribution in [0.2, 0.25) is 0 Å². The molecule has 2 aliphatic carbocycles. The molecular formula is C103H160N2O25. The average Bonchev–Trinajstić information content (AvgIpc) is 0.774. The molecule has 27 heteroatoms. The molecule has 0 aromatic heterocycles. The van der Waals surface area contributed by atoms with Crippen LogP contribution in [-0.4, -0.2) is 253 Å². The zero-order valence-corrected chi connectivity index (χ0v) is 81.8. The molecule has 8 rings (SSSR count). The van der Waals surface area contributed by atoms with Crippen LogP contribution in [0.4, 0.5) is 0 Å². The number of methoxy groups -OCH3 is 6. The Hall–Kier alpha value is -6.70. The number of hydrogen-bond acceptors (Lipinski definition) is 25. The lowest BCUT2D eigenvalue weighted by Gasteiger charge is -2.42. The number of rotatable bonds is 12. The fourth-order valence-corrected chi connectivity index (χ4v) is 20.5. The molecule has 0 radical (unpaired) electrons. The van der Waals surface area contributed by atoms with Gasteiger partial charge in [-0.25, -0.2) is 9.59 Å². The van der Waals surface area contributed by atoms with Crippen molar-refractivity contribution in [3.05, 3.63) is 95.2 Å². The molecule has 0 spiro atoms. The molecule has 8 aliphatic rings. The largest absolute Gasteiger partial charge is 0.460 e. The number of carbonyl (C=O) groups is 10. The topological polar surface area (TPSA) is 371 Å². The second kappa shape index (κ2) is 52.4. The van der Waals surface area contributed by atoms with Crippen LogP contribution >= 0.6 is 0 Å². The van der Waals surface area contributed by atoms with Crippen molar-refractivity contribution >= 4 is 58.5 Å². The van der Waals surface area contributed by atoms with E-state index in [1.54, 1.807) is 82.1 Å². The Balaban J connectivity index is 0.000000356. The Morgan fingerprint density at radius 1 is 0.431 bits per heavy atom. The first-order valence-corrected chi connectivity index (χ1v) is 48.2. The summed E-state index contributed by atoms with van der Waals surface area (Å²) in [6, 6.07) is -2.25. The van der Waals surface area contributed by atoms with Gasteiger partial charge in [-0.2, -0.15) is 0 Å². The van der Waals surface area contributed by atoms with Gasteiger partial charge in [-0.1, -0.05) is 149 Å². The van der Waals surface area contributed by atoms with Gasteiger partial charge in [0.1, 0.15) is 60.3 Å². The van der Waals surface area contributed by atoms with Crippen LogP contribution in [0.15, 0.2) is 95.2 Å². The van der Waals surface area contributed by atoms with Crippen LogP contribution in [0, 0.1) is 76.9 Å². The number of Topliss-reactive ketones (excluding diaryl/α,β-unsaturated/α-hetero) is 6. The highest BCUT2D eigenvalue weighted by Gasteiger charge is 2.56. The van der Waals surface area contributed by atoms with Gasteiger partial charge in [-0.15, -0.1) is 0 Å². The standard InChI is InChI=1S/C52H81NO12.C51H79NO13/c1-31-17-13-12-14-18-32(2)44(62-10)29-40-23-21-38(8)52(60,65-40)49(57)50(58)53-24-16-15-19-41(53)51(59)64-45(35(5)27-39-22-20-33(3)43(28-39)61-9)30-42(54)34(4)26-37(7)47(56)48(63-11)46(55)36(6)25-31;1-30-16-12-11-13-17-31(2)42(61-8)28-38-21-19-36(7)51(60,65-38)48(57)49(58)52-23-15-14-18-39(52)50(59)64-43(33(4)26-37-20-22-40(53)44(27-37)62-9)29-41(54)32(3)25-35(6)46(56)47(63-10)45(55)34(5)24-30/h12-14,17-18,26,31,33-36,38-41,43-45,47-48,56,60H,15-16,19-25,27-30H2,1-11H3;11-13,16-17,25,30,32-34,36-40,42-44,46-47,53,56,60H,14-15,18-24,26-29H2,1-10H3/b14-12+,17-13+,32-18+,37-26+;13-11+,16-12+,31-17+,35-25+/t31-,33-,34-,35-,36?,38-,39+,40+,41?,43-,44+,45+,47-,48?,52-;30-,32-,33-,34?,36-,37+,38+,39?,40-,42+,43+,44-,46-,47?,51-/m11/s1. The average molecular weight is 1830 g/mol. The van der Waals surface area contributed by atoms with E-state index in [4.69, 9.17) is 47.4 Å². The highest BCUT2D eigenvalue weighted by Crippen LogP contribution is 2.42. The summed E-state index contributed by atoms with van der Waals surface area (Å²) >= 11 is 0. The van der Waals surface area contributed by atoms with E-state index in [0.717, 1.165) is 36.8 Å². The van der Waals surface area contributed by atoms with Crippen LogP contribution in [0.25, 0.3) is 0 Å². The van der Waals surface area contributed by atoms with Gasteiger partial charge in [-0.05, 0) is 220 Å². The number of esters is 2. The van der Waals surface area contributed by atoms with E-state index in [9.17, 15) is 73.5 Å². The van der Waals surface area contributed by atoms with Crippen molar-refractivity contribution in [3.63, 3.8) is 0 Å². The number of piperidine rings is 2. The molecule has 2 saturated carbocycles. The van der Waals surface area contributed by atoms with Gasteiger partial charge < -0.3 is 82.7 Å². The van der Waals surface area contributed by atoms with Crippen molar-refractivity contribution < 1.29 is 121 Å². The van der Waals surface area contributed by atoms with Crippen molar-refractivity contribution in [1.82, 2.24) is 9.80 Å². The summed E-state index contributed by atoms with van der Waals surface area (Å²) in [5, 5.41) is 57.2. The maximum atomic E-state index is 14.4. The SMILES string of the molecule is COC1C(=O)C(C)C[C@H](C)/C=C/C=C/C=C(\C)[C@@H](OC)C[C@@H]2CC[C@@H](C)[C@@](O)(O2)C(=O)C(=O)N2CCCCC2C(=O)O[C@H]([C@H](C)C[C@@H]2CC[C@@H](C)[C@H](OC)C2)CC(=O)[C@H](C)/C=C(\C)[C@H]1O.COC1C(=O)C(C)C[C@H](C)/C=C/C=C/C=C(\C)[C@@H](OC)C[C@@H]2CC[C@@H](C)[C@@](O)(O2)C(=O)C(=O)N2CCCCC2C(=O)O[C@H]([C@H](C)C[C@@H]2CC[C@@H](O)[C@H](OC)C2)CC(=O)[C@H](C)/C=C(\C)[C@H]1O. The highest BCUT2D eigenvalue weighted by atomic mass is 16.6. The zero-order chi connectivity index (χ0) is 96.3. The van der Waals surface area contributed by atoms with Crippen LogP contribution < -0.4 is 0 Å². The van der Waals surface area contributed by atoms with Crippen LogP contribution in [0.5, 0.6) is 0 Å². The molecule has 4 bridgehead atoms. The third-order valence-electron chi connectivity index (χ3n) is 29.3. The maximum absolute atomic E-state index is 14.4. The Morgan fingerprint density at radius 2 is 0.815 bits per heavy atom. The molecule has 2 amide bonds. The lowest BCUT2D eigenvalue weighted by molar-refractivity contribution is -0.265. The first-order chi connectivity index (χ1) is 61.5. The second-order valence-electron chi connectivity index (χ2n) is 39.6. The molecule has 4 saturated heterocycles. The van der Waals surface area contributed by atoms with Gasteiger partial charge in [0.05, 0.1) is 42.7 Å². The third kappa shape index (κ3) is 30.1. The second-order valence-corrected chi connectivity index (χ2v) is 39.6. The number of ketones is 6. The van der Waals surface area contributed by atoms with Crippen LogP contribution in [-0.2, 0) is 95.3 Å². The normalized spacial score (nSPS) is 40.4. The minimum atomic E-state index is -2.43. The minimum Gasteiger partial charge on any atom is -0.460 e. The molecule has 130 heavy (non-hydrogen) atoms. The van der Waals surface area contributed by atoms with Gasteiger partial charge in [0, 0.05) is 117 Å². The van der Waals surface area contributed by atoms with E-state index >= 15 is 0 Å². The molecule has 6 aliphatic heterocycles. The molecule has 6 unspecified atom stereocenters. The summed E-state index contributed by atoms with van der Waals surface area (Å²) in [5.41, 5.74) is 2.57. The molecule has 6 fully saturated rings. The lowest BCUT2D eigenvalue weighted by Crippen LogP contribution is -2.61. The van der Waals surface area contributed by atoms with Gasteiger partial charge in [0.2, 0.25) is 11.6 Å². The van der Waals surface area contributed by atoms with Crippen LogP contribution in [0.1, 0.15) is 258 Å². The molecule has 732 valence electrons. The number of allylic oxidation sites excluding steroid dienone is 12. The minimum absolute atomic E-state index is 0.0193. The molecule has 6 heterocycles. The number of cyclic esters (lactones) is 2. The zero-order valence-electron chi connectivity index (χ0n) is 81.8. The summed E-state index contributed by atoms with van der Waals surface area (Å²) in [7, 11) is 9.22.